The Labute approximate surface area is 222 Å². The second-order valence-corrected chi connectivity index (χ2v) is 10.3. The first kappa shape index (κ1) is 28.5. The van der Waals surface area contributed by atoms with Gasteiger partial charge in [0.05, 0.1) is 17.1 Å². The van der Waals surface area contributed by atoms with Gasteiger partial charge in [-0.1, -0.05) is 55.8 Å². The maximum Gasteiger partial charge on any atom is 0.356 e. The molecule has 200 valence electrons. The largest absolute Gasteiger partial charge is 0.461 e. The standard InChI is InChI=1S/C28H31N3O6S/c1-2-3-19-37-28(34)25-15-12-23(20-30-25)27(33)31-38(35,36)24-13-9-22(10-14-24)17-18-29-26(32)16-11-21-7-5-4-6-8-21/h4-10,12-15,20H,2-3,11,16-19H2,1H3,(H,29,32)(H,31,33). The van der Waals surface area contributed by atoms with Crippen LogP contribution in [0.2, 0.25) is 0 Å². The Morgan fingerprint density at radius 3 is 2.26 bits per heavy atom. The van der Waals surface area contributed by atoms with Crippen molar-refractivity contribution in [3.05, 3.63) is 95.3 Å². The molecule has 3 rings (SSSR count). The lowest BCUT2D eigenvalue weighted by Gasteiger charge is -2.09. The minimum Gasteiger partial charge on any atom is -0.461 e. The number of carbonyl (C=O) groups excluding carboxylic acids is 3. The highest BCUT2D eigenvalue weighted by Crippen LogP contribution is 2.12. The van der Waals surface area contributed by atoms with Gasteiger partial charge >= 0.3 is 5.97 Å². The third-order valence-electron chi connectivity index (χ3n) is 5.65. The van der Waals surface area contributed by atoms with Crippen LogP contribution in [0.5, 0.6) is 0 Å². The Morgan fingerprint density at radius 2 is 1.61 bits per heavy atom. The summed E-state index contributed by atoms with van der Waals surface area (Å²) in [6.45, 7) is 2.67. The van der Waals surface area contributed by atoms with Crippen LogP contribution >= 0.6 is 0 Å². The van der Waals surface area contributed by atoms with Crippen molar-refractivity contribution in [2.75, 3.05) is 13.2 Å². The van der Waals surface area contributed by atoms with E-state index in [0.29, 0.717) is 25.8 Å². The number of nitrogens with one attached hydrogen (secondary N) is 2. The van der Waals surface area contributed by atoms with E-state index in [1.807, 2.05) is 42.0 Å². The molecule has 0 unspecified atom stereocenters. The number of aromatic nitrogens is 1. The first-order valence-electron chi connectivity index (χ1n) is 12.4. The first-order valence-corrected chi connectivity index (χ1v) is 13.9. The number of hydrogen-bond acceptors (Lipinski definition) is 7. The van der Waals surface area contributed by atoms with Crippen LogP contribution in [-0.2, 0) is 32.4 Å². The Morgan fingerprint density at radius 1 is 0.895 bits per heavy atom. The predicted octanol–water partition coefficient (Wildman–Crippen LogP) is 3.45. The summed E-state index contributed by atoms with van der Waals surface area (Å²) in [5.41, 5.74) is 1.95. The van der Waals surface area contributed by atoms with Crippen LogP contribution in [0.1, 0.15) is 58.2 Å². The Balaban J connectivity index is 1.47. The van der Waals surface area contributed by atoms with Crippen molar-refractivity contribution in [2.24, 2.45) is 0 Å². The number of hydrogen-bond donors (Lipinski definition) is 2. The number of benzene rings is 2. The second-order valence-electron chi connectivity index (χ2n) is 8.59. The molecular formula is C28H31N3O6S. The average molecular weight is 538 g/mol. The fourth-order valence-electron chi connectivity index (χ4n) is 3.44. The fourth-order valence-corrected chi connectivity index (χ4v) is 4.42. The van der Waals surface area contributed by atoms with Gasteiger partial charge in [-0.25, -0.2) is 22.9 Å². The molecule has 0 saturated heterocycles. The molecule has 0 spiro atoms. The molecule has 0 aliphatic heterocycles. The molecule has 0 saturated carbocycles. The summed E-state index contributed by atoms with van der Waals surface area (Å²) < 4.78 is 32.4. The highest BCUT2D eigenvalue weighted by molar-refractivity contribution is 7.90. The summed E-state index contributed by atoms with van der Waals surface area (Å²) in [7, 11) is -4.12. The van der Waals surface area contributed by atoms with Crippen molar-refractivity contribution in [2.45, 2.75) is 43.9 Å². The van der Waals surface area contributed by atoms with E-state index in [9.17, 15) is 22.8 Å². The van der Waals surface area contributed by atoms with Crippen molar-refractivity contribution in [3.8, 4) is 0 Å². The van der Waals surface area contributed by atoms with Crippen molar-refractivity contribution in [1.29, 1.82) is 0 Å². The molecule has 0 atom stereocenters. The number of pyridine rings is 1. The van der Waals surface area contributed by atoms with Gasteiger partial charge in [-0.15, -0.1) is 0 Å². The summed E-state index contributed by atoms with van der Waals surface area (Å²) in [5.74, 6) is -1.53. The van der Waals surface area contributed by atoms with E-state index in [0.717, 1.165) is 30.2 Å². The topological polar surface area (TPSA) is 132 Å². The maximum atomic E-state index is 12.7. The molecule has 0 bridgehead atoms. The van der Waals surface area contributed by atoms with E-state index in [1.165, 1.54) is 24.3 Å². The monoisotopic (exact) mass is 537 g/mol. The summed E-state index contributed by atoms with van der Waals surface area (Å²) >= 11 is 0. The van der Waals surface area contributed by atoms with E-state index in [4.69, 9.17) is 4.74 Å². The Hall–Kier alpha value is -4.05. The summed E-state index contributed by atoms with van der Waals surface area (Å²) in [4.78, 5) is 40.3. The summed E-state index contributed by atoms with van der Waals surface area (Å²) in [6, 6.07) is 18.4. The van der Waals surface area contributed by atoms with Crippen LogP contribution in [-0.4, -0.2) is 44.3 Å². The van der Waals surface area contributed by atoms with Gasteiger partial charge in [0.15, 0.2) is 0 Å². The number of carbonyl (C=O) groups is 3. The van der Waals surface area contributed by atoms with Crippen LogP contribution in [0.25, 0.3) is 0 Å². The van der Waals surface area contributed by atoms with Crippen molar-refractivity contribution in [1.82, 2.24) is 15.0 Å². The maximum absolute atomic E-state index is 12.7. The van der Waals surface area contributed by atoms with Gasteiger partial charge in [0.2, 0.25) is 5.91 Å². The molecule has 10 heteroatoms. The number of aryl methyl sites for hydroxylation is 1. The van der Waals surface area contributed by atoms with Gasteiger partial charge in [-0.2, -0.15) is 0 Å². The van der Waals surface area contributed by atoms with Crippen molar-refractivity contribution >= 4 is 27.8 Å². The smallest absolute Gasteiger partial charge is 0.356 e. The number of rotatable bonds is 13. The predicted molar refractivity (Wildman–Crippen MR) is 142 cm³/mol. The van der Waals surface area contributed by atoms with E-state index in [1.54, 1.807) is 12.1 Å². The lowest BCUT2D eigenvalue weighted by molar-refractivity contribution is -0.121. The number of ether oxygens (including phenoxy) is 1. The summed E-state index contributed by atoms with van der Waals surface area (Å²) in [5, 5.41) is 2.86. The molecule has 0 fully saturated rings. The average Bonchev–Trinajstić information content (AvgIpc) is 2.92. The van der Waals surface area contributed by atoms with Crippen LogP contribution < -0.4 is 10.0 Å². The lowest BCUT2D eigenvalue weighted by atomic mass is 10.1. The van der Waals surface area contributed by atoms with Crippen LogP contribution in [0.15, 0.2) is 77.8 Å². The van der Waals surface area contributed by atoms with Crippen LogP contribution in [0.3, 0.4) is 0 Å². The third-order valence-corrected chi connectivity index (χ3v) is 6.99. The SMILES string of the molecule is CCCCOC(=O)c1ccc(C(=O)NS(=O)(=O)c2ccc(CCNC(=O)CCc3ccccc3)cc2)cn1. The zero-order chi connectivity index (χ0) is 27.4. The molecule has 0 aliphatic rings. The van der Waals surface area contributed by atoms with Crippen molar-refractivity contribution < 1.29 is 27.5 Å². The third kappa shape index (κ3) is 8.81. The zero-order valence-electron chi connectivity index (χ0n) is 21.2. The summed E-state index contributed by atoms with van der Waals surface area (Å²) in [6.07, 6.45) is 4.32. The van der Waals surface area contributed by atoms with E-state index in [-0.39, 0.29) is 28.7 Å². The number of sulfonamides is 1. The van der Waals surface area contributed by atoms with Crippen molar-refractivity contribution in [3.63, 3.8) is 0 Å². The van der Waals surface area contributed by atoms with Gasteiger partial charge in [0, 0.05) is 19.2 Å². The molecule has 1 heterocycles. The molecule has 3 aromatic rings. The zero-order valence-corrected chi connectivity index (χ0v) is 22.0. The minimum absolute atomic E-state index is 0.0155. The minimum atomic E-state index is -4.12. The van der Waals surface area contributed by atoms with Gasteiger partial charge < -0.3 is 10.1 Å². The molecule has 0 aliphatic carbocycles. The number of esters is 1. The molecule has 1 aromatic heterocycles. The van der Waals surface area contributed by atoms with Gasteiger partial charge in [0.1, 0.15) is 5.69 Å². The Bertz CT molecular complexity index is 1330. The van der Waals surface area contributed by atoms with Crippen LogP contribution in [0.4, 0.5) is 0 Å². The quantitative estimate of drug-likeness (QED) is 0.252. The van der Waals surface area contributed by atoms with Crippen LogP contribution in [0, 0.1) is 0 Å². The molecule has 38 heavy (non-hydrogen) atoms. The normalized spacial score (nSPS) is 11.0. The molecule has 0 radical (unpaired) electrons. The molecule has 2 N–H and O–H groups in total. The van der Waals surface area contributed by atoms with Gasteiger partial charge in [0.25, 0.3) is 15.9 Å². The second kappa shape index (κ2) is 14.0. The first-order chi connectivity index (χ1) is 18.3. The highest BCUT2D eigenvalue weighted by atomic mass is 32.2. The van der Waals surface area contributed by atoms with E-state index in [2.05, 4.69) is 10.3 Å². The number of amides is 2. The fraction of sp³-hybridized carbons (Fsp3) is 0.286. The number of nitrogens with zero attached hydrogens (tertiary/aromatic N) is 1. The molecular weight excluding hydrogens is 506 g/mol. The molecule has 2 amide bonds. The lowest BCUT2D eigenvalue weighted by Crippen LogP contribution is -2.30. The molecule has 2 aromatic carbocycles. The highest BCUT2D eigenvalue weighted by Gasteiger charge is 2.19. The van der Waals surface area contributed by atoms with Gasteiger partial charge in [-0.05, 0) is 54.7 Å². The van der Waals surface area contributed by atoms with E-state index < -0.39 is 21.9 Å². The Kier molecular flexibility index (Phi) is 10.5. The molecule has 9 nitrogen and oxygen atoms in total. The van der Waals surface area contributed by atoms with Gasteiger partial charge in [-0.3, -0.25) is 9.59 Å². The number of unbranched alkanes of at least 4 members (excludes halogenated alkanes) is 1. The van der Waals surface area contributed by atoms with E-state index >= 15 is 0 Å².